The lowest BCUT2D eigenvalue weighted by molar-refractivity contribution is -0.134. The molecular weight excluding hydrogens is 176 g/mol. The Morgan fingerprint density at radius 1 is 1.50 bits per heavy atom. The van der Waals surface area contributed by atoms with Gasteiger partial charge in [0.1, 0.15) is 0 Å². The van der Waals surface area contributed by atoms with Crippen molar-refractivity contribution in [3.05, 3.63) is 0 Å². The number of carbonyl (C=O) groups is 1. The van der Waals surface area contributed by atoms with Crippen molar-refractivity contribution in [1.29, 1.82) is 0 Å². The predicted octanol–water partition coefficient (Wildman–Crippen LogP) is 1.59. The molecule has 3 nitrogen and oxygen atoms in total. The van der Waals surface area contributed by atoms with Crippen molar-refractivity contribution in [3.63, 3.8) is 0 Å². The van der Waals surface area contributed by atoms with Crippen molar-refractivity contribution >= 4 is 5.91 Å². The molecule has 1 N–H and O–H groups in total. The monoisotopic (exact) mass is 198 g/mol. The summed E-state index contributed by atoms with van der Waals surface area (Å²) >= 11 is 0. The quantitative estimate of drug-likeness (QED) is 0.727. The Balaban J connectivity index is 2.37. The zero-order valence-corrected chi connectivity index (χ0v) is 9.38. The van der Waals surface area contributed by atoms with Crippen LogP contribution in [-0.4, -0.2) is 30.6 Å². The normalized spacial score (nSPS) is 18.6. The van der Waals surface area contributed by atoms with E-state index in [0.717, 1.165) is 32.6 Å². The van der Waals surface area contributed by atoms with E-state index in [2.05, 4.69) is 19.2 Å². The summed E-state index contributed by atoms with van der Waals surface area (Å²) in [6.07, 6.45) is 4.39. The van der Waals surface area contributed by atoms with E-state index < -0.39 is 0 Å². The van der Waals surface area contributed by atoms with Gasteiger partial charge in [-0.3, -0.25) is 10.1 Å². The number of nitrogens with zero attached hydrogens (tertiary/aromatic N) is 1. The molecule has 0 aromatic carbocycles. The zero-order valence-electron chi connectivity index (χ0n) is 9.38. The molecule has 0 aromatic rings. The van der Waals surface area contributed by atoms with Gasteiger partial charge in [-0.1, -0.05) is 26.7 Å². The fourth-order valence-corrected chi connectivity index (χ4v) is 1.91. The highest BCUT2D eigenvalue weighted by molar-refractivity contribution is 5.78. The van der Waals surface area contributed by atoms with Gasteiger partial charge in [0.15, 0.2) is 0 Å². The van der Waals surface area contributed by atoms with Crippen molar-refractivity contribution in [2.75, 3.05) is 19.8 Å². The van der Waals surface area contributed by atoms with Crippen LogP contribution in [0.25, 0.3) is 0 Å². The predicted molar refractivity (Wildman–Crippen MR) is 57.9 cm³/mol. The van der Waals surface area contributed by atoms with E-state index in [1.165, 1.54) is 12.8 Å². The van der Waals surface area contributed by atoms with Crippen molar-refractivity contribution in [2.24, 2.45) is 5.92 Å². The largest absolute Gasteiger partial charge is 0.328 e. The smallest absolute Gasteiger partial charge is 0.226 e. The molecule has 14 heavy (non-hydrogen) atoms. The van der Waals surface area contributed by atoms with E-state index in [1.54, 1.807) is 0 Å². The molecule has 0 bridgehead atoms. The third-order valence-electron chi connectivity index (χ3n) is 2.92. The second-order valence-corrected chi connectivity index (χ2v) is 4.01. The summed E-state index contributed by atoms with van der Waals surface area (Å²) in [4.78, 5) is 13.9. The van der Waals surface area contributed by atoms with Crippen LogP contribution in [0.15, 0.2) is 0 Å². The third kappa shape index (κ3) is 2.98. The molecule has 1 aliphatic heterocycles. The van der Waals surface area contributed by atoms with Crippen molar-refractivity contribution in [1.82, 2.24) is 10.2 Å². The van der Waals surface area contributed by atoms with Gasteiger partial charge in [-0.25, -0.2) is 0 Å². The van der Waals surface area contributed by atoms with Gasteiger partial charge in [-0.05, 0) is 12.8 Å². The number of carbonyl (C=O) groups excluding carboxylic acids is 1. The fourth-order valence-electron chi connectivity index (χ4n) is 1.91. The number of unbranched alkanes of at least 4 members (excludes halogenated alkanes) is 1. The molecule has 1 aliphatic rings. The Hall–Kier alpha value is -0.570. The van der Waals surface area contributed by atoms with Crippen LogP contribution < -0.4 is 5.32 Å². The molecular formula is C11H22N2O. The maximum absolute atomic E-state index is 12.0. The lowest BCUT2D eigenvalue weighted by Gasteiger charge is -2.21. The maximum atomic E-state index is 12.0. The van der Waals surface area contributed by atoms with Gasteiger partial charge in [0.25, 0.3) is 0 Å². The van der Waals surface area contributed by atoms with Crippen LogP contribution in [0.4, 0.5) is 0 Å². The number of rotatable bonds is 5. The van der Waals surface area contributed by atoms with Gasteiger partial charge in [0.05, 0.1) is 6.67 Å². The molecule has 82 valence electrons. The minimum absolute atomic E-state index is 0.259. The molecule has 0 spiro atoms. The standard InChI is InChI=1S/C11H22N2O/c1-3-5-6-10(4-2)11(14)13-8-7-12-9-13/h10,12H,3-9H2,1-2H3. The van der Waals surface area contributed by atoms with Gasteiger partial charge in [0.2, 0.25) is 5.91 Å². The molecule has 1 atom stereocenters. The van der Waals surface area contributed by atoms with E-state index in [0.29, 0.717) is 5.91 Å². The van der Waals surface area contributed by atoms with Crippen molar-refractivity contribution in [2.45, 2.75) is 39.5 Å². The minimum atomic E-state index is 0.259. The highest BCUT2D eigenvalue weighted by atomic mass is 16.2. The first-order valence-corrected chi connectivity index (χ1v) is 5.79. The average molecular weight is 198 g/mol. The fraction of sp³-hybridized carbons (Fsp3) is 0.909. The van der Waals surface area contributed by atoms with Crippen LogP contribution in [0.1, 0.15) is 39.5 Å². The van der Waals surface area contributed by atoms with Crippen LogP contribution in [0, 0.1) is 5.92 Å². The van der Waals surface area contributed by atoms with E-state index in [4.69, 9.17) is 0 Å². The number of nitrogens with one attached hydrogen (secondary N) is 1. The Morgan fingerprint density at radius 3 is 2.79 bits per heavy atom. The summed E-state index contributed by atoms with van der Waals surface area (Å²) in [5.74, 6) is 0.612. The van der Waals surface area contributed by atoms with E-state index in [1.807, 2.05) is 4.90 Å². The number of hydrogen-bond donors (Lipinski definition) is 1. The molecule has 0 aliphatic carbocycles. The van der Waals surface area contributed by atoms with E-state index >= 15 is 0 Å². The summed E-state index contributed by atoms with van der Waals surface area (Å²) in [5, 5.41) is 3.19. The highest BCUT2D eigenvalue weighted by Crippen LogP contribution is 2.16. The van der Waals surface area contributed by atoms with Crippen LogP contribution in [-0.2, 0) is 4.79 Å². The van der Waals surface area contributed by atoms with Crippen LogP contribution in [0.5, 0.6) is 0 Å². The number of amides is 1. The summed E-state index contributed by atoms with van der Waals surface area (Å²) < 4.78 is 0. The number of hydrogen-bond acceptors (Lipinski definition) is 2. The first-order valence-electron chi connectivity index (χ1n) is 5.79. The Labute approximate surface area is 86.9 Å². The van der Waals surface area contributed by atoms with Gasteiger partial charge >= 0.3 is 0 Å². The maximum Gasteiger partial charge on any atom is 0.226 e. The van der Waals surface area contributed by atoms with Crippen molar-refractivity contribution in [3.8, 4) is 0 Å². The summed E-state index contributed by atoms with van der Waals surface area (Å²) in [5.41, 5.74) is 0. The first-order chi connectivity index (χ1) is 6.79. The molecule has 0 aromatic heterocycles. The lowest BCUT2D eigenvalue weighted by Crippen LogP contribution is -2.35. The molecule has 0 radical (unpaired) electrons. The van der Waals surface area contributed by atoms with Gasteiger partial charge in [-0.15, -0.1) is 0 Å². The summed E-state index contributed by atoms with van der Waals surface area (Å²) in [6.45, 7) is 6.88. The van der Waals surface area contributed by atoms with Crippen LogP contribution in [0.3, 0.4) is 0 Å². The molecule has 1 rings (SSSR count). The molecule has 1 heterocycles. The van der Waals surface area contributed by atoms with Gasteiger partial charge in [-0.2, -0.15) is 0 Å². The van der Waals surface area contributed by atoms with Crippen molar-refractivity contribution < 1.29 is 4.79 Å². The highest BCUT2D eigenvalue weighted by Gasteiger charge is 2.24. The van der Waals surface area contributed by atoms with Gasteiger partial charge < -0.3 is 4.90 Å². The Kier molecular flexibility index (Phi) is 4.94. The molecule has 1 saturated heterocycles. The Morgan fingerprint density at radius 2 is 2.29 bits per heavy atom. The third-order valence-corrected chi connectivity index (χ3v) is 2.92. The summed E-state index contributed by atoms with van der Waals surface area (Å²) in [7, 11) is 0. The van der Waals surface area contributed by atoms with E-state index in [9.17, 15) is 4.79 Å². The second-order valence-electron chi connectivity index (χ2n) is 4.01. The molecule has 1 fully saturated rings. The molecule has 0 saturated carbocycles. The summed E-state index contributed by atoms with van der Waals surface area (Å²) in [6, 6.07) is 0. The second kappa shape index (κ2) is 6.02. The molecule has 1 unspecified atom stereocenters. The topological polar surface area (TPSA) is 32.3 Å². The SMILES string of the molecule is CCCCC(CC)C(=O)N1CCNC1. The molecule has 1 amide bonds. The van der Waals surface area contributed by atoms with Crippen LogP contribution >= 0.6 is 0 Å². The van der Waals surface area contributed by atoms with Gasteiger partial charge in [0, 0.05) is 19.0 Å². The zero-order chi connectivity index (χ0) is 10.4. The minimum Gasteiger partial charge on any atom is -0.328 e. The Bertz CT molecular complexity index is 176. The van der Waals surface area contributed by atoms with Crippen LogP contribution in [0.2, 0.25) is 0 Å². The lowest BCUT2D eigenvalue weighted by atomic mass is 9.98. The molecule has 3 heteroatoms. The van der Waals surface area contributed by atoms with E-state index in [-0.39, 0.29) is 5.92 Å². The average Bonchev–Trinajstić information content (AvgIpc) is 2.71. The first kappa shape index (κ1) is 11.5.